The molecule has 5 rings (SSSR count). The van der Waals surface area contributed by atoms with Crippen molar-refractivity contribution in [3.05, 3.63) is 64.5 Å². The van der Waals surface area contributed by atoms with Crippen LogP contribution < -0.4 is 5.32 Å². The zero-order chi connectivity index (χ0) is 22.6. The van der Waals surface area contributed by atoms with Crippen molar-refractivity contribution in [3.63, 3.8) is 0 Å². The molecule has 0 aliphatic carbocycles. The normalized spacial score (nSPS) is 21.3. The Kier molecular flexibility index (Phi) is 4.86. The van der Waals surface area contributed by atoms with Crippen LogP contribution in [0.4, 0.5) is 4.39 Å². The summed E-state index contributed by atoms with van der Waals surface area (Å²) in [5, 5.41) is 2.24. The minimum absolute atomic E-state index is 0.0223. The third-order valence-electron chi connectivity index (χ3n) is 6.30. The van der Waals surface area contributed by atoms with Crippen LogP contribution in [0.1, 0.15) is 39.9 Å². The Morgan fingerprint density at radius 2 is 1.81 bits per heavy atom. The lowest BCUT2D eigenvalue weighted by Crippen LogP contribution is -2.52. The fourth-order valence-electron chi connectivity index (χ4n) is 4.64. The number of benzene rings is 2. The number of hydrogen-bond acceptors (Lipinski definition) is 5. The van der Waals surface area contributed by atoms with Crippen molar-refractivity contribution in [1.29, 1.82) is 0 Å². The van der Waals surface area contributed by atoms with E-state index in [0.29, 0.717) is 12.0 Å². The van der Waals surface area contributed by atoms with E-state index in [-0.39, 0.29) is 54.7 Å². The highest BCUT2D eigenvalue weighted by Crippen LogP contribution is 2.34. The van der Waals surface area contributed by atoms with Gasteiger partial charge in [0, 0.05) is 37.2 Å². The summed E-state index contributed by atoms with van der Waals surface area (Å²) >= 11 is 0. The van der Waals surface area contributed by atoms with Crippen LogP contribution in [0.3, 0.4) is 0 Å². The van der Waals surface area contributed by atoms with Crippen molar-refractivity contribution >= 4 is 27.7 Å². The maximum Gasteiger partial charge on any atom is 0.255 e. The summed E-state index contributed by atoms with van der Waals surface area (Å²) in [7, 11) is -3.93. The summed E-state index contributed by atoms with van der Waals surface area (Å²) in [4.78, 5) is 38.1. The molecule has 0 aromatic heterocycles. The van der Waals surface area contributed by atoms with E-state index in [1.165, 1.54) is 33.5 Å². The highest BCUT2D eigenvalue weighted by Gasteiger charge is 2.42. The number of sulfonamides is 1. The molecule has 3 aliphatic rings. The van der Waals surface area contributed by atoms with E-state index >= 15 is 0 Å². The van der Waals surface area contributed by atoms with E-state index in [0.717, 1.165) is 11.1 Å². The van der Waals surface area contributed by atoms with Gasteiger partial charge in [-0.05, 0) is 48.2 Å². The molecule has 0 saturated carbocycles. The molecule has 3 aliphatic heterocycles. The zero-order valence-corrected chi connectivity index (χ0v) is 17.8. The number of piperidine rings is 1. The summed E-state index contributed by atoms with van der Waals surface area (Å²) < 4.78 is 41.9. The second kappa shape index (κ2) is 7.49. The maximum atomic E-state index is 13.5. The van der Waals surface area contributed by atoms with E-state index in [2.05, 4.69) is 5.32 Å². The molecule has 1 unspecified atom stereocenters. The third-order valence-corrected chi connectivity index (χ3v) is 8.23. The van der Waals surface area contributed by atoms with Crippen molar-refractivity contribution < 1.29 is 27.2 Å². The van der Waals surface area contributed by atoms with Gasteiger partial charge < -0.3 is 4.90 Å². The number of hydrogen-bond donors (Lipinski definition) is 1. The van der Waals surface area contributed by atoms with Crippen LogP contribution in [0.5, 0.6) is 0 Å². The first-order chi connectivity index (χ1) is 15.3. The summed E-state index contributed by atoms with van der Waals surface area (Å²) in [5.41, 5.74) is 2.13. The summed E-state index contributed by atoms with van der Waals surface area (Å²) in [6.45, 7) is 0.297. The molecule has 2 aromatic rings. The van der Waals surface area contributed by atoms with Gasteiger partial charge in [-0.25, -0.2) is 12.8 Å². The topological polar surface area (TPSA) is 104 Å². The Hall–Kier alpha value is -3.11. The lowest BCUT2D eigenvalue weighted by molar-refractivity contribution is -0.136. The van der Waals surface area contributed by atoms with Gasteiger partial charge in [-0.15, -0.1) is 0 Å². The minimum atomic E-state index is -3.93. The van der Waals surface area contributed by atoms with E-state index in [4.69, 9.17) is 0 Å². The molecular formula is C22H20FN3O5S. The van der Waals surface area contributed by atoms with Crippen LogP contribution in [-0.2, 0) is 39.1 Å². The summed E-state index contributed by atoms with van der Waals surface area (Å²) in [5.74, 6) is -1.71. The van der Waals surface area contributed by atoms with Crippen molar-refractivity contribution in [2.75, 3.05) is 6.54 Å². The lowest BCUT2D eigenvalue weighted by Gasteiger charge is -2.30. The minimum Gasteiger partial charge on any atom is -0.322 e. The van der Waals surface area contributed by atoms with E-state index in [1.807, 2.05) is 0 Å². The third kappa shape index (κ3) is 3.30. The van der Waals surface area contributed by atoms with E-state index < -0.39 is 27.9 Å². The second-order valence-corrected chi connectivity index (χ2v) is 10.1. The molecule has 0 bridgehead atoms. The molecule has 1 N–H and O–H groups in total. The summed E-state index contributed by atoms with van der Waals surface area (Å²) in [6.07, 6.45) is 0.712. The van der Waals surface area contributed by atoms with Gasteiger partial charge in [0.2, 0.25) is 21.8 Å². The average Bonchev–Trinajstić information content (AvgIpc) is 3.09. The van der Waals surface area contributed by atoms with Crippen LogP contribution in [0.25, 0.3) is 0 Å². The molecule has 3 heterocycles. The molecular weight excluding hydrogens is 437 g/mol. The maximum absolute atomic E-state index is 13.5. The average molecular weight is 457 g/mol. The number of nitrogens with zero attached hydrogens (tertiary/aromatic N) is 2. The van der Waals surface area contributed by atoms with Gasteiger partial charge in [0.1, 0.15) is 11.9 Å². The standard InChI is InChI=1S/C22H20FN3O5S/c23-15-5-4-14-11-25(9-8-13(14)10-15)32(30,31)19-3-1-2-16-17(19)12-26(22(16)29)18-6-7-20(27)24-21(18)28/h1-5,10,18H,6-9,11-12H2,(H,24,27,28). The smallest absolute Gasteiger partial charge is 0.255 e. The molecule has 0 spiro atoms. The van der Waals surface area contributed by atoms with Gasteiger partial charge >= 0.3 is 0 Å². The predicted molar refractivity (Wildman–Crippen MR) is 110 cm³/mol. The van der Waals surface area contributed by atoms with Crippen molar-refractivity contribution in [1.82, 2.24) is 14.5 Å². The first-order valence-corrected chi connectivity index (χ1v) is 11.7. The van der Waals surface area contributed by atoms with Crippen LogP contribution in [0, 0.1) is 5.82 Å². The fourth-order valence-corrected chi connectivity index (χ4v) is 6.29. The van der Waals surface area contributed by atoms with E-state index in [9.17, 15) is 27.2 Å². The molecule has 1 fully saturated rings. The highest BCUT2D eigenvalue weighted by atomic mass is 32.2. The Morgan fingerprint density at radius 1 is 1.00 bits per heavy atom. The van der Waals surface area contributed by atoms with Crippen LogP contribution in [-0.4, -0.2) is 47.9 Å². The Morgan fingerprint density at radius 3 is 2.59 bits per heavy atom. The Balaban J connectivity index is 1.46. The van der Waals surface area contributed by atoms with Gasteiger partial charge in [-0.2, -0.15) is 4.31 Å². The van der Waals surface area contributed by atoms with Gasteiger partial charge in [0.25, 0.3) is 5.91 Å². The number of fused-ring (bicyclic) bond motifs is 2. The molecule has 32 heavy (non-hydrogen) atoms. The number of imide groups is 1. The van der Waals surface area contributed by atoms with Crippen LogP contribution in [0.15, 0.2) is 41.3 Å². The first kappa shape index (κ1) is 20.8. The monoisotopic (exact) mass is 457 g/mol. The van der Waals surface area contributed by atoms with Crippen LogP contribution in [0.2, 0.25) is 0 Å². The lowest BCUT2D eigenvalue weighted by atomic mass is 10.0. The van der Waals surface area contributed by atoms with Gasteiger partial charge in [-0.1, -0.05) is 12.1 Å². The number of amides is 3. The summed E-state index contributed by atoms with van der Waals surface area (Å²) in [6, 6.07) is 8.05. The van der Waals surface area contributed by atoms with Gasteiger partial charge in [-0.3, -0.25) is 19.7 Å². The zero-order valence-electron chi connectivity index (χ0n) is 17.0. The molecule has 8 nitrogen and oxygen atoms in total. The number of nitrogens with one attached hydrogen (secondary N) is 1. The molecule has 1 atom stereocenters. The molecule has 166 valence electrons. The SMILES string of the molecule is O=C1CCC(N2Cc3c(cccc3S(=O)(=O)N3CCc4cc(F)ccc4C3)C2=O)C(=O)N1. The highest BCUT2D eigenvalue weighted by molar-refractivity contribution is 7.89. The molecule has 2 aromatic carbocycles. The van der Waals surface area contributed by atoms with Crippen molar-refractivity contribution in [2.45, 2.75) is 43.3 Å². The van der Waals surface area contributed by atoms with Crippen LogP contribution >= 0.6 is 0 Å². The molecule has 3 amide bonds. The van der Waals surface area contributed by atoms with E-state index in [1.54, 1.807) is 12.1 Å². The number of halogens is 1. The first-order valence-electron chi connectivity index (χ1n) is 10.3. The number of rotatable bonds is 3. The molecule has 1 saturated heterocycles. The van der Waals surface area contributed by atoms with Crippen molar-refractivity contribution in [3.8, 4) is 0 Å². The van der Waals surface area contributed by atoms with Gasteiger partial charge in [0.05, 0.1) is 4.90 Å². The Bertz CT molecular complexity index is 1280. The number of carbonyl (C=O) groups excluding carboxylic acids is 3. The molecule has 10 heteroatoms. The predicted octanol–water partition coefficient (Wildman–Crippen LogP) is 1.33. The quantitative estimate of drug-likeness (QED) is 0.701. The Labute approximate surface area is 184 Å². The molecule has 0 radical (unpaired) electrons. The largest absolute Gasteiger partial charge is 0.322 e. The van der Waals surface area contributed by atoms with Gasteiger partial charge in [0.15, 0.2) is 0 Å². The fraction of sp³-hybridized carbons (Fsp3) is 0.318. The number of carbonyl (C=O) groups is 3. The second-order valence-electron chi connectivity index (χ2n) is 8.18. The van der Waals surface area contributed by atoms with Crippen molar-refractivity contribution in [2.24, 2.45) is 0 Å².